The molecular weight excluding hydrogens is 669 g/mol. The van der Waals surface area contributed by atoms with E-state index in [0.717, 1.165) is 10.6 Å². The molecular formula is C36H33Cl2N5O6. The number of phenolic OH excluding ortho intramolecular Hbond substituents is 1. The zero-order valence-electron chi connectivity index (χ0n) is 27.1. The fourth-order valence-corrected chi connectivity index (χ4v) is 8.85. The van der Waals surface area contributed by atoms with Gasteiger partial charge in [-0.2, -0.15) is 10.2 Å². The van der Waals surface area contributed by atoms with Crippen LogP contribution in [0.15, 0.2) is 88.6 Å². The first kappa shape index (κ1) is 32.8. The highest BCUT2D eigenvalue weighted by Crippen LogP contribution is 2.66. The van der Waals surface area contributed by atoms with Gasteiger partial charge in [0.15, 0.2) is 9.75 Å². The standard InChI is InChI=1S/C36H33Cl2N5O6/c1-41(2)21-9-5-19(6-10-21)39-40-20-7-11-22(12-8-20)43-31(45)25-15-14-24-27(29(25)32(43)46)18-35(37)33(47)42(3)34(48)36(35,38)30(24)26-17-23(49-4)13-16-28(26)44/h5-14,16-17,25,27,29-30,44H,15,18H2,1-4H3. The normalized spacial score (nSPS) is 29.2. The van der Waals surface area contributed by atoms with Gasteiger partial charge in [0.25, 0.3) is 11.8 Å². The molecule has 49 heavy (non-hydrogen) atoms. The van der Waals surface area contributed by atoms with Crippen molar-refractivity contribution in [3.05, 3.63) is 83.9 Å². The van der Waals surface area contributed by atoms with Crippen LogP contribution in [-0.4, -0.2) is 71.6 Å². The SMILES string of the molecule is COc1ccc(O)c(C2C3=CCC4C(=O)N(c5ccc(N=Nc6ccc(N(C)C)cc6)cc5)C(=O)C4C3CC3(Cl)C(=O)N(C)C(=O)C23Cl)c1. The number of methoxy groups -OCH3 is 1. The summed E-state index contributed by atoms with van der Waals surface area (Å²) < 4.78 is 5.41. The maximum atomic E-state index is 14.3. The van der Waals surface area contributed by atoms with E-state index in [4.69, 9.17) is 27.9 Å². The van der Waals surface area contributed by atoms with E-state index in [9.17, 15) is 24.3 Å². The first-order valence-electron chi connectivity index (χ1n) is 15.8. The molecule has 4 amide bonds. The Balaban J connectivity index is 1.22. The molecule has 2 aliphatic heterocycles. The number of likely N-dealkylation sites (tertiary alicyclic amines) is 1. The molecule has 6 unspecified atom stereocenters. The van der Waals surface area contributed by atoms with Gasteiger partial charge in [-0.15, -0.1) is 23.2 Å². The van der Waals surface area contributed by atoms with E-state index < -0.39 is 51.1 Å². The third kappa shape index (κ3) is 4.77. The molecule has 3 aromatic carbocycles. The van der Waals surface area contributed by atoms with Crippen LogP contribution in [0.3, 0.4) is 0 Å². The van der Waals surface area contributed by atoms with Crippen LogP contribution in [0.2, 0.25) is 0 Å². The minimum Gasteiger partial charge on any atom is -0.508 e. The lowest BCUT2D eigenvalue weighted by Crippen LogP contribution is -2.60. The number of nitrogens with zero attached hydrogens (tertiary/aromatic N) is 5. The number of rotatable bonds is 6. The number of amides is 4. The quantitative estimate of drug-likeness (QED) is 0.143. The third-order valence-corrected chi connectivity index (χ3v) is 11.7. The second-order valence-electron chi connectivity index (χ2n) is 13.1. The van der Waals surface area contributed by atoms with Gasteiger partial charge >= 0.3 is 0 Å². The minimum atomic E-state index is -2.01. The zero-order chi connectivity index (χ0) is 35.0. The number of hydrogen-bond acceptors (Lipinski definition) is 9. The van der Waals surface area contributed by atoms with Crippen molar-refractivity contribution >= 4 is 69.6 Å². The van der Waals surface area contributed by atoms with Crippen molar-refractivity contribution in [1.82, 2.24) is 4.90 Å². The Morgan fingerprint density at radius 2 is 1.51 bits per heavy atom. The fourth-order valence-electron chi connectivity index (χ4n) is 7.84. The van der Waals surface area contributed by atoms with E-state index in [1.165, 1.54) is 25.1 Å². The highest BCUT2D eigenvalue weighted by Gasteiger charge is 2.76. The summed E-state index contributed by atoms with van der Waals surface area (Å²) in [6.07, 6.45) is 1.86. The molecule has 2 heterocycles. The summed E-state index contributed by atoms with van der Waals surface area (Å²) in [6, 6.07) is 18.8. The molecule has 6 atom stereocenters. The van der Waals surface area contributed by atoms with Gasteiger partial charge in [-0.25, -0.2) is 0 Å². The molecule has 7 rings (SSSR count). The number of allylic oxidation sites excluding steroid dienone is 2. The van der Waals surface area contributed by atoms with E-state index in [2.05, 4.69) is 10.2 Å². The average molecular weight is 703 g/mol. The summed E-state index contributed by atoms with van der Waals surface area (Å²) in [5.41, 5.74) is 3.42. The Morgan fingerprint density at radius 1 is 0.878 bits per heavy atom. The van der Waals surface area contributed by atoms with Crippen molar-refractivity contribution in [3.63, 3.8) is 0 Å². The third-order valence-electron chi connectivity index (χ3n) is 10.3. The number of hydrogen-bond donors (Lipinski definition) is 1. The van der Waals surface area contributed by atoms with E-state index in [1.54, 1.807) is 36.4 Å². The number of carbonyl (C=O) groups is 4. The van der Waals surface area contributed by atoms with Crippen LogP contribution >= 0.6 is 23.2 Å². The van der Waals surface area contributed by atoms with Crippen LogP contribution in [0, 0.1) is 17.8 Å². The molecule has 252 valence electrons. The molecule has 1 N–H and O–H groups in total. The predicted octanol–water partition coefficient (Wildman–Crippen LogP) is 6.08. The highest BCUT2D eigenvalue weighted by molar-refractivity contribution is 6.53. The molecule has 0 aromatic heterocycles. The van der Waals surface area contributed by atoms with Gasteiger partial charge in [0, 0.05) is 38.3 Å². The van der Waals surface area contributed by atoms with Gasteiger partial charge < -0.3 is 14.7 Å². The van der Waals surface area contributed by atoms with Crippen molar-refractivity contribution in [3.8, 4) is 11.5 Å². The smallest absolute Gasteiger partial charge is 0.253 e. The Kier molecular flexibility index (Phi) is 7.83. The number of phenols is 1. The van der Waals surface area contributed by atoms with Gasteiger partial charge in [-0.3, -0.25) is 29.0 Å². The molecule has 2 aliphatic carbocycles. The van der Waals surface area contributed by atoms with Crippen LogP contribution in [-0.2, 0) is 19.2 Å². The largest absolute Gasteiger partial charge is 0.508 e. The second kappa shape index (κ2) is 11.7. The Bertz CT molecular complexity index is 1960. The second-order valence-corrected chi connectivity index (χ2v) is 14.3. The first-order valence-corrected chi connectivity index (χ1v) is 16.5. The number of imide groups is 2. The van der Waals surface area contributed by atoms with Gasteiger partial charge in [0.05, 0.1) is 36.0 Å². The molecule has 3 aromatic rings. The van der Waals surface area contributed by atoms with Crippen LogP contribution in [0.25, 0.3) is 0 Å². The number of halogens is 2. The van der Waals surface area contributed by atoms with E-state index in [-0.39, 0.29) is 30.1 Å². The van der Waals surface area contributed by atoms with Crippen molar-refractivity contribution < 1.29 is 29.0 Å². The predicted molar refractivity (Wildman–Crippen MR) is 184 cm³/mol. The lowest BCUT2D eigenvalue weighted by atomic mass is 9.56. The monoisotopic (exact) mass is 701 g/mol. The number of anilines is 2. The van der Waals surface area contributed by atoms with Gasteiger partial charge in [0.1, 0.15) is 11.5 Å². The maximum absolute atomic E-state index is 14.3. The fraction of sp³-hybridized carbons (Fsp3) is 0.333. The Hall–Kier alpha value is -4.74. The molecule has 3 fully saturated rings. The summed E-state index contributed by atoms with van der Waals surface area (Å²) >= 11 is 14.4. The van der Waals surface area contributed by atoms with Gasteiger partial charge in [-0.1, -0.05) is 11.6 Å². The van der Waals surface area contributed by atoms with Crippen molar-refractivity contribution in [2.24, 2.45) is 28.0 Å². The molecule has 1 saturated carbocycles. The summed E-state index contributed by atoms with van der Waals surface area (Å²) in [5, 5.41) is 19.7. The number of azo groups is 1. The summed E-state index contributed by atoms with van der Waals surface area (Å²) in [5.74, 6) is -5.44. The minimum absolute atomic E-state index is 0.150. The van der Waals surface area contributed by atoms with E-state index >= 15 is 0 Å². The summed E-state index contributed by atoms with van der Waals surface area (Å²) in [6.45, 7) is 0. The first-order chi connectivity index (χ1) is 23.3. The van der Waals surface area contributed by atoms with Crippen molar-refractivity contribution in [1.29, 1.82) is 0 Å². The van der Waals surface area contributed by atoms with E-state index in [0.29, 0.717) is 28.4 Å². The average Bonchev–Trinajstić information content (AvgIpc) is 3.43. The Labute approximate surface area is 292 Å². The highest BCUT2D eigenvalue weighted by atomic mass is 35.5. The summed E-state index contributed by atoms with van der Waals surface area (Å²) in [7, 11) is 6.68. The molecule has 0 radical (unpaired) electrons. The summed E-state index contributed by atoms with van der Waals surface area (Å²) in [4.78, 5) is 55.8. The van der Waals surface area contributed by atoms with Crippen LogP contribution < -0.4 is 14.5 Å². The zero-order valence-corrected chi connectivity index (χ0v) is 28.6. The van der Waals surface area contributed by atoms with Crippen LogP contribution in [0.4, 0.5) is 22.7 Å². The van der Waals surface area contributed by atoms with E-state index in [1.807, 2.05) is 49.3 Å². The molecule has 11 nitrogen and oxygen atoms in total. The number of ether oxygens (including phenoxy) is 1. The molecule has 13 heteroatoms. The van der Waals surface area contributed by atoms with Gasteiger partial charge in [0.2, 0.25) is 11.8 Å². The number of aromatic hydroxyl groups is 1. The topological polar surface area (TPSA) is 132 Å². The lowest BCUT2D eigenvalue weighted by Gasteiger charge is -2.50. The lowest BCUT2D eigenvalue weighted by molar-refractivity contribution is -0.138. The maximum Gasteiger partial charge on any atom is 0.253 e. The van der Waals surface area contributed by atoms with Crippen LogP contribution in [0.5, 0.6) is 11.5 Å². The molecule has 2 saturated heterocycles. The number of fused-ring (bicyclic) bond motifs is 4. The van der Waals surface area contributed by atoms with Crippen molar-refractivity contribution in [2.45, 2.75) is 28.5 Å². The number of benzene rings is 3. The van der Waals surface area contributed by atoms with Crippen molar-refractivity contribution in [2.75, 3.05) is 38.1 Å². The molecule has 4 aliphatic rings. The molecule has 0 bridgehead atoms. The number of alkyl halides is 2. The van der Waals surface area contributed by atoms with Crippen LogP contribution in [0.1, 0.15) is 24.3 Å². The molecule has 0 spiro atoms. The van der Waals surface area contributed by atoms with Gasteiger partial charge in [-0.05, 0) is 85.5 Å². The Morgan fingerprint density at radius 3 is 2.12 bits per heavy atom. The number of carbonyl (C=O) groups excluding carboxylic acids is 4.